The van der Waals surface area contributed by atoms with Gasteiger partial charge in [-0.3, -0.25) is 4.79 Å². The maximum absolute atomic E-state index is 13.3. The van der Waals surface area contributed by atoms with E-state index in [1.165, 1.54) is 0 Å². The van der Waals surface area contributed by atoms with Crippen molar-refractivity contribution >= 4 is 11.6 Å². The van der Waals surface area contributed by atoms with Crippen molar-refractivity contribution in [1.82, 2.24) is 5.32 Å². The van der Waals surface area contributed by atoms with Gasteiger partial charge in [0.25, 0.3) is 0 Å². The van der Waals surface area contributed by atoms with E-state index >= 15 is 0 Å². The number of halogens is 3. The van der Waals surface area contributed by atoms with Crippen molar-refractivity contribution in [2.24, 2.45) is 5.92 Å². The summed E-state index contributed by atoms with van der Waals surface area (Å²) in [6, 6.07) is 1.21. The Morgan fingerprint density at radius 2 is 1.84 bits per heavy atom. The molecule has 0 aliphatic rings. The van der Waals surface area contributed by atoms with Gasteiger partial charge in [-0.25, -0.2) is 13.2 Å². The number of rotatable bonds is 5. The molecule has 0 spiro atoms. The van der Waals surface area contributed by atoms with Crippen molar-refractivity contribution in [1.29, 1.82) is 0 Å². The van der Waals surface area contributed by atoms with Crippen LogP contribution >= 0.6 is 0 Å². The minimum Gasteiger partial charge on any atom is -0.374 e. The van der Waals surface area contributed by atoms with Gasteiger partial charge in [0.05, 0.1) is 12.2 Å². The molecule has 0 bridgehead atoms. The first kappa shape index (κ1) is 15.3. The molecule has 0 saturated carbocycles. The van der Waals surface area contributed by atoms with Crippen LogP contribution in [-0.2, 0) is 4.79 Å². The number of anilines is 1. The van der Waals surface area contributed by atoms with Gasteiger partial charge < -0.3 is 10.6 Å². The van der Waals surface area contributed by atoms with Crippen LogP contribution in [-0.4, -0.2) is 18.5 Å². The van der Waals surface area contributed by atoms with Crippen molar-refractivity contribution in [3.05, 3.63) is 29.6 Å². The van der Waals surface area contributed by atoms with Gasteiger partial charge >= 0.3 is 0 Å². The third-order valence-corrected chi connectivity index (χ3v) is 2.82. The fraction of sp³-hybridized carbons (Fsp3) is 0.462. The predicted octanol–water partition coefficient (Wildman–Crippen LogP) is 2.68. The third-order valence-electron chi connectivity index (χ3n) is 2.82. The molecule has 0 aromatic heterocycles. The zero-order valence-corrected chi connectivity index (χ0v) is 11.1. The maximum Gasteiger partial charge on any atom is 0.239 e. The van der Waals surface area contributed by atoms with E-state index in [2.05, 4.69) is 10.6 Å². The van der Waals surface area contributed by atoms with Crippen molar-refractivity contribution in [2.75, 3.05) is 11.9 Å². The second kappa shape index (κ2) is 6.45. The SMILES string of the molecule is CC(C)C(C)NC(=O)CNc1cc(F)cc(F)c1F. The Bertz CT molecular complexity index is 463. The summed E-state index contributed by atoms with van der Waals surface area (Å²) < 4.78 is 39.1. The molecule has 1 rings (SSSR count). The third kappa shape index (κ3) is 4.46. The standard InChI is InChI=1S/C13H17F3N2O/c1-7(2)8(3)18-12(19)6-17-11-5-9(14)4-10(15)13(11)16/h4-5,7-8,17H,6H2,1-3H3,(H,18,19). The van der Waals surface area contributed by atoms with Crippen LogP contribution < -0.4 is 10.6 Å². The molecule has 0 aliphatic heterocycles. The molecule has 2 N–H and O–H groups in total. The molecule has 0 heterocycles. The Kier molecular flexibility index (Phi) is 5.20. The topological polar surface area (TPSA) is 41.1 Å². The molecule has 6 heteroatoms. The summed E-state index contributed by atoms with van der Waals surface area (Å²) in [7, 11) is 0. The fourth-order valence-electron chi connectivity index (χ4n) is 1.33. The Balaban J connectivity index is 2.60. The van der Waals surface area contributed by atoms with Crippen LogP contribution in [0.15, 0.2) is 12.1 Å². The van der Waals surface area contributed by atoms with Gasteiger partial charge in [0.1, 0.15) is 5.82 Å². The number of carbonyl (C=O) groups is 1. The molecule has 0 radical (unpaired) electrons. The van der Waals surface area contributed by atoms with Crippen LogP contribution in [0.25, 0.3) is 0 Å². The minimum absolute atomic E-state index is 0.0385. The van der Waals surface area contributed by atoms with Gasteiger partial charge in [-0.2, -0.15) is 0 Å². The predicted molar refractivity (Wildman–Crippen MR) is 67.2 cm³/mol. The van der Waals surface area contributed by atoms with Crippen molar-refractivity contribution < 1.29 is 18.0 Å². The molecule has 0 aliphatic carbocycles. The minimum atomic E-state index is -1.29. The fourth-order valence-corrected chi connectivity index (χ4v) is 1.33. The Labute approximate surface area is 110 Å². The van der Waals surface area contributed by atoms with E-state index in [0.29, 0.717) is 6.07 Å². The maximum atomic E-state index is 13.3. The summed E-state index contributed by atoms with van der Waals surface area (Å²) in [6.07, 6.45) is 0. The van der Waals surface area contributed by atoms with Crippen LogP contribution in [0.5, 0.6) is 0 Å². The number of nitrogens with one attached hydrogen (secondary N) is 2. The molecule has 0 fully saturated rings. The molecule has 106 valence electrons. The zero-order valence-electron chi connectivity index (χ0n) is 11.1. The molecular formula is C13H17F3N2O. The highest BCUT2D eigenvalue weighted by Crippen LogP contribution is 2.18. The molecule has 1 atom stereocenters. The van der Waals surface area contributed by atoms with E-state index < -0.39 is 17.5 Å². The number of hydrogen-bond acceptors (Lipinski definition) is 2. The second-order valence-corrected chi connectivity index (χ2v) is 4.70. The summed E-state index contributed by atoms with van der Waals surface area (Å²) in [4.78, 5) is 11.5. The Hall–Kier alpha value is -1.72. The van der Waals surface area contributed by atoms with Gasteiger partial charge in [-0.15, -0.1) is 0 Å². The lowest BCUT2D eigenvalue weighted by atomic mass is 10.1. The first-order valence-electron chi connectivity index (χ1n) is 5.99. The zero-order chi connectivity index (χ0) is 14.6. The number of benzene rings is 1. The average molecular weight is 274 g/mol. The van der Waals surface area contributed by atoms with Crippen LogP contribution in [0.1, 0.15) is 20.8 Å². The largest absolute Gasteiger partial charge is 0.374 e. The van der Waals surface area contributed by atoms with E-state index in [0.717, 1.165) is 6.07 Å². The van der Waals surface area contributed by atoms with Crippen molar-refractivity contribution in [2.45, 2.75) is 26.8 Å². The van der Waals surface area contributed by atoms with E-state index in [1.54, 1.807) is 0 Å². The van der Waals surface area contributed by atoms with Gasteiger partial charge in [-0.05, 0) is 12.8 Å². The van der Waals surface area contributed by atoms with E-state index in [4.69, 9.17) is 0 Å². The van der Waals surface area contributed by atoms with Gasteiger partial charge in [0.2, 0.25) is 5.91 Å². The molecule has 0 saturated heterocycles. The molecule has 1 unspecified atom stereocenters. The van der Waals surface area contributed by atoms with Crippen molar-refractivity contribution in [3.8, 4) is 0 Å². The smallest absolute Gasteiger partial charge is 0.239 e. The highest BCUT2D eigenvalue weighted by molar-refractivity contribution is 5.81. The first-order valence-corrected chi connectivity index (χ1v) is 5.99. The summed E-state index contributed by atoms with van der Waals surface area (Å²) in [6.45, 7) is 5.47. The summed E-state index contributed by atoms with van der Waals surface area (Å²) in [5.74, 6) is -3.51. The number of carbonyl (C=O) groups excluding carboxylic acids is 1. The van der Waals surface area contributed by atoms with Crippen LogP contribution in [0, 0.1) is 23.4 Å². The van der Waals surface area contributed by atoms with E-state index in [-0.39, 0.29) is 30.1 Å². The van der Waals surface area contributed by atoms with Gasteiger partial charge in [0, 0.05) is 18.2 Å². The van der Waals surface area contributed by atoms with Crippen LogP contribution in [0.4, 0.5) is 18.9 Å². The van der Waals surface area contributed by atoms with Crippen LogP contribution in [0.3, 0.4) is 0 Å². The number of hydrogen-bond donors (Lipinski definition) is 2. The molecule has 1 aromatic carbocycles. The van der Waals surface area contributed by atoms with E-state index in [9.17, 15) is 18.0 Å². The first-order chi connectivity index (χ1) is 8.81. The molecule has 1 aromatic rings. The normalized spacial score (nSPS) is 12.4. The molecule has 19 heavy (non-hydrogen) atoms. The van der Waals surface area contributed by atoms with Gasteiger partial charge in [-0.1, -0.05) is 13.8 Å². The van der Waals surface area contributed by atoms with Crippen LogP contribution in [0.2, 0.25) is 0 Å². The lowest BCUT2D eigenvalue weighted by Crippen LogP contribution is -2.39. The number of amides is 1. The second-order valence-electron chi connectivity index (χ2n) is 4.70. The highest BCUT2D eigenvalue weighted by Gasteiger charge is 2.13. The molecular weight excluding hydrogens is 257 g/mol. The monoisotopic (exact) mass is 274 g/mol. The lowest BCUT2D eigenvalue weighted by Gasteiger charge is -2.17. The summed E-state index contributed by atoms with van der Waals surface area (Å²) in [5.41, 5.74) is -0.371. The lowest BCUT2D eigenvalue weighted by molar-refractivity contribution is -0.120. The average Bonchev–Trinajstić information content (AvgIpc) is 2.31. The Morgan fingerprint density at radius 1 is 1.21 bits per heavy atom. The Morgan fingerprint density at radius 3 is 2.42 bits per heavy atom. The quantitative estimate of drug-likeness (QED) is 0.810. The summed E-state index contributed by atoms with van der Waals surface area (Å²) >= 11 is 0. The van der Waals surface area contributed by atoms with Crippen molar-refractivity contribution in [3.63, 3.8) is 0 Å². The molecule has 1 amide bonds. The van der Waals surface area contributed by atoms with E-state index in [1.807, 2.05) is 20.8 Å². The van der Waals surface area contributed by atoms with Gasteiger partial charge in [0.15, 0.2) is 11.6 Å². The summed E-state index contributed by atoms with van der Waals surface area (Å²) in [5, 5.41) is 5.06. The highest BCUT2D eigenvalue weighted by atomic mass is 19.2. The molecule has 3 nitrogen and oxygen atoms in total.